The number of hydrogen-bond donors (Lipinski definition) is 5. The van der Waals surface area contributed by atoms with Gasteiger partial charge in [0.1, 0.15) is 6.04 Å². The molecule has 0 saturated carbocycles. The lowest BCUT2D eigenvalue weighted by molar-refractivity contribution is -0.138. The molecule has 0 spiro atoms. The van der Waals surface area contributed by atoms with Crippen molar-refractivity contribution in [2.24, 2.45) is 5.73 Å². The van der Waals surface area contributed by atoms with E-state index in [0.717, 1.165) is 31.4 Å². The van der Waals surface area contributed by atoms with E-state index in [9.17, 15) is 14.4 Å². The lowest BCUT2D eigenvalue weighted by Crippen LogP contribution is -2.36. The lowest BCUT2D eigenvalue weighted by Gasteiger charge is -2.16. The fourth-order valence-corrected chi connectivity index (χ4v) is 4.75. The first-order valence-corrected chi connectivity index (χ1v) is 9.96. The average Bonchev–Trinajstić information content (AvgIpc) is 3.10. The van der Waals surface area contributed by atoms with Crippen LogP contribution in [-0.2, 0) is 9.59 Å². The lowest BCUT2D eigenvalue weighted by atomic mass is 10.0. The van der Waals surface area contributed by atoms with Gasteiger partial charge in [0.25, 0.3) is 0 Å². The summed E-state index contributed by atoms with van der Waals surface area (Å²) in [6.45, 7) is 0.561. The Balaban J connectivity index is 1.46. The molecule has 0 bridgehead atoms. The Bertz CT molecular complexity index is 491. The molecule has 25 heavy (non-hydrogen) atoms. The molecule has 3 amide bonds. The van der Waals surface area contributed by atoms with Gasteiger partial charge in [-0.2, -0.15) is 11.8 Å². The minimum absolute atomic E-state index is 0.0373. The molecule has 6 N–H and O–H groups in total. The molecule has 2 rings (SSSR count). The van der Waals surface area contributed by atoms with Crippen molar-refractivity contribution in [2.45, 2.75) is 68.3 Å². The number of aliphatic carboxylic acids is 1. The molecule has 9 heteroatoms. The number of fused-ring (bicyclic) bond motifs is 1. The first-order chi connectivity index (χ1) is 12.0. The highest BCUT2D eigenvalue weighted by molar-refractivity contribution is 8.00. The van der Waals surface area contributed by atoms with E-state index >= 15 is 0 Å². The number of amides is 3. The van der Waals surface area contributed by atoms with Gasteiger partial charge in [-0.05, 0) is 32.1 Å². The van der Waals surface area contributed by atoms with Crippen LogP contribution in [0.25, 0.3) is 0 Å². The maximum atomic E-state index is 11.8. The summed E-state index contributed by atoms with van der Waals surface area (Å²) in [5.74, 6) is 0.0131. The van der Waals surface area contributed by atoms with Gasteiger partial charge in [0.05, 0.1) is 12.1 Å². The summed E-state index contributed by atoms with van der Waals surface area (Å²) in [5, 5.41) is 17.9. The molecule has 0 aromatic rings. The summed E-state index contributed by atoms with van der Waals surface area (Å²) < 4.78 is 0. The molecular weight excluding hydrogens is 344 g/mol. The van der Waals surface area contributed by atoms with Crippen molar-refractivity contribution in [3.8, 4) is 0 Å². The summed E-state index contributed by atoms with van der Waals surface area (Å²) in [6.07, 6.45) is 5.18. The Morgan fingerprint density at radius 3 is 2.84 bits per heavy atom. The van der Waals surface area contributed by atoms with Crippen LogP contribution in [0.15, 0.2) is 0 Å². The van der Waals surface area contributed by atoms with Gasteiger partial charge in [-0.1, -0.05) is 6.42 Å². The number of unbranched alkanes of at least 4 members (excludes halogenated alkanes) is 2. The smallest absolute Gasteiger partial charge is 0.320 e. The van der Waals surface area contributed by atoms with Gasteiger partial charge in [-0.3, -0.25) is 9.59 Å². The van der Waals surface area contributed by atoms with Crippen molar-refractivity contribution < 1.29 is 19.5 Å². The highest BCUT2D eigenvalue weighted by Crippen LogP contribution is 2.33. The zero-order valence-corrected chi connectivity index (χ0v) is 15.1. The minimum Gasteiger partial charge on any atom is -0.480 e. The number of carbonyl (C=O) groups is 3. The number of nitrogens with two attached hydrogens (primary N) is 1. The van der Waals surface area contributed by atoms with Gasteiger partial charge in [0.2, 0.25) is 5.91 Å². The zero-order chi connectivity index (χ0) is 18.2. The molecular formula is C16H28N4O4S. The molecule has 2 heterocycles. The van der Waals surface area contributed by atoms with E-state index in [2.05, 4.69) is 16.0 Å². The van der Waals surface area contributed by atoms with Crippen LogP contribution in [0.1, 0.15) is 44.9 Å². The highest BCUT2D eigenvalue weighted by Gasteiger charge is 2.42. The first kappa shape index (κ1) is 19.8. The summed E-state index contributed by atoms with van der Waals surface area (Å²) in [6, 6.07) is -0.406. The van der Waals surface area contributed by atoms with Crippen molar-refractivity contribution in [2.75, 3.05) is 12.3 Å². The Morgan fingerprint density at radius 1 is 1.28 bits per heavy atom. The summed E-state index contributed by atoms with van der Waals surface area (Å²) >= 11 is 1.89. The van der Waals surface area contributed by atoms with Crippen molar-refractivity contribution in [3.05, 3.63) is 0 Å². The van der Waals surface area contributed by atoms with Crippen LogP contribution in [0.3, 0.4) is 0 Å². The van der Waals surface area contributed by atoms with Gasteiger partial charge >= 0.3 is 12.0 Å². The summed E-state index contributed by atoms with van der Waals surface area (Å²) in [7, 11) is 0. The molecule has 2 saturated heterocycles. The Kier molecular flexibility index (Phi) is 7.83. The molecule has 0 radical (unpaired) electrons. The van der Waals surface area contributed by atoms with Crippen LogP contribution in [0, 0.1) is 0 Å². The second-order valence-corrected chi connectivity index (χ2v) is 7.93. The Labute approximate surface area is 152 Å². The number of thioether (sulfide) groups is 1. The van der Waals surface area contributed by atoms with Crippen molar-refractivity contribution in [3.63, 3.8) is 0 Å². The van der Waals surface area contributed by atoms with E-state index in [0.29, 0.717) is 31.1 Å². The average molecular weight is 372 g/mol. The maximum Gasteiger partial charge on any atom is 0.320 e. The monoisotopic (exact) mass is 372 g/mol. The number of urea groups is 1. The molecule has 2 fully saturated rings. The van der Waals surface area contributed by atoms with Gasteiger partial charge in [0.15, 0.2) is 0 Å². The second-order valence-electron chi connectivity index (χ2n) is 6.66. The molecule has 142 valence electrons. The molecule has 2 aliphatic heterocycles. The van der Waals surface area contributed by atoms with Crippen LogP contribution in [0.2, 0.25) is 0 Å². The highest BCUT2D eigenvalue weighted by atomic mass is 32.2. The number of nitrogens with one attached hydrogen (secondary N) is 3. The van der Waals surface area contributed by atoms with E-state index < -0.39 is 12.0 Å². The SMILES string of the molecule is NC(CCCCNC(=O)CCCC[C@@H]1SCC2NC(=O)NC21)C(=O)O. The Morgan fingerprint density at radius 2 is 2.08 bits per heavy atom. The van der Waals surface area contributed by atoms with Crippen LogP contribution >= 0.6 is 11.8 Å². The number of carbonyl (C=O) groups excluding carboxylic acids is 2. The van der Waals surface area contributed by atoms with E-state index in [1.54, 1.807) is 0 Å². The number of carboxylic acids is 1. The Hall–Kier alpha value is -1.48. The number of rotatable bonds is 11. The second kappa shape index (κ2) is 9.86. The predicted molar refractivity (Wildman–Crippen MR) is 96.4 cm³/mol. The fourth-order valence-electron chi connectivity index (χ4n) is 3.20. The molecule has 4 atom stereocenters. The predicted octanol–water partition coefficient (Wildman–Crippen LogP) is 0.411. The summed E-state index contributed by atoms with van der Waals surface area (Å²) in [4.78, 5) is 33.7. The van der Waals surface area contributed by atoms with Crippen molar-refractivity contribution >= 4 is 29.7 Å². The zero-order valence-electron chi connectivity index (χ0n) is 14.3. The first-order valence-electron chi connectivity index (χ1n) is 8.91. The van der Waals surface area contributed by atoms with Crippen molar-refractivity contribution in [1.82, 2.24) is 16.0 Å². The third-order valence-corrected chi connectivity index (χ3v) is 6.17. The van der Waals surface area contributed by atoms with Gasteiger partial charge in [0, 0.05) is 24.0 Å². The molecule has 0 aromatic heterocycles. The van der Waals surface area contributed by atoms with E-state index in [-0.39, 0.29) is 24.0 Å². The quantitative estimate of drug-likeness (QED) is 0.263. The molecule has 2 aliphatic rings. The third-order valence-electron chi connectivity index (χ3n) is 4.66. The van der Waals surface area contributed by atoms with Gasteiger partial charge in [-0.15, -0.1) is 0 Å². The molecule has 0 aliphatic carbocycles. The molecule has 0 aromatic carbocycles. The number of hydrogen-bond acceptors (Lipinski definition) is 5. The van der Waals surface area contributed by atoms with E-state index in [4.69, 9.17) is 10.8 Å². The number of carboxylic acid groups (broad SMARTS) is 1. The van der Waals surface area contributed by atoms with E-state index in [1.807, 2.05) is 11.8 Å². The minimum atomic E-state index is -0.983. The van der Waals surface area contributed by atoms with E-state index in [1.165, 1.54) is 0 Å². The molecule has 8 nitrogen and oxygen atoms in total. The van der Waals surface area contributed by atoms with Crippen LogP contribution in [0.5, 0.6) is 0 Å². The van der Waals surface area contributed by atoms with Crippen LogP contribution in [-0.4, -0.2) is 58.7 Å². The normalized spacial score (nSPS) is 25.8. The van der Waals surface area contributed by atoms with Crippen LogP contribution in [0.4, 0.5) is 4.79 Å². The van der Waals surface area contributed by atoms with Gasteiger partial charge < -0.3 is 26.8 Å². The van der Waals surface area contributed by atoms with Crippen LogP contribution < -0.4 is 21.7 Å². The topological polar surface area (TPSA) is 134 Å². The largest absolute Gasteiger partial charge is 0.480 e. The standard InChI is InChI=1S/C16H28N4O4S/c17-10(15(22)23)5-3-4-8-18-13(21)7-2-1-6-12-14-11(9-25-12)19-16(24)20-14/h10-12,14H,1-9,17H2,(H,18,21)(H,22,23)(H2,19,20,24)/t10?,11?,12-,14?/m0/s1. The summed E-state index contributed by atoms with van der Waals surface area (Å²) in [5.41, 5.74) is 5.42. The van der Waals surface area contributed by atoms with Gasteiger partial charge in [-0.25, -0.2) is 4.79 Å². The fraction of sp³-hybridized carbons (Fsp3) is 0.812. The third kappa shape index (κ3) is 6.39. The van der Waals surface area contributed by atoms with Crippen molar-refractivity contribution in [1.29, 1.82) is 0 Å². The maximum absolute atomic E-state index is 11.8. The molecule has 3 unspecified atom stereocenters.